The molecule has 6 aromatic carbocycles. The van der Waals surface area contributed by atoms with Crippen molar-refractivity contribution in [3.05, 3.63) is 152 Å². The summed E-state index contributed by atoms with van der Waals surface area (Å²) in [6.45, 7) is 8.37. The first-order chi connectivity index (χ1) is 21.8. The minimum Gasteiger partial charge on any atom is -0.399 e. The highest BCUT2D eigenvalue weighted by Gasteiger charge is 2.51. The van der Waals surface area contributed by atoms with E-state index in [0.29, 0.717) is 0 Å². The van der Waals surface area contributed by atoms with Gasteiger partial charge in [-0.25, -0.2) is 0 Å². The van der Waals surface area contributed by atoms with E-state index in [1.54, 1.807) is 0 Å². The summed E-state index contributed by atoms with van der Waals surface area (Å²) in [6, 6.07) is 54.3. The van der Waals surface area contributed by atoms with Crippen molar-refractivity contribution < 1.29 is 9.31 Å². The number of hydrogen-bond acceptors (Lipinski definition) is 2. The Morgan fingerprint density at radius 3 is 1.00 bits per heavy atom. The monoisotopic (exact) mass is 584 g/mol. The van der Waals surface area contributed by atoms with Gasteiger partial charge in [-0.2, -0.15) is 0 Å². The van der Waals surface area contributed by atoms with E-state index in [1.807, 2.05) is 0 Å². The third-order valence-corrected chi connectivity index (χ3v) is 9.30. The predicted molar refractivity (Wildman–Crippen MR) is 189 cm³/mol. The molecule has 1 fully saturated rings. The van der Waals surface area contributed by atoms with Crippen LogP contribution in [0.5, 0.6) is 0 Å². The maximum atomic E-state index is 6.33. The molecule has 0 spiro atoms. The molecule has 7 rings (SSSR count). The van der Waals surface area contributed by atoms with Gasteiger partial charge in [-0.15, -0.1) is 0 Å². The molecule has 1 aliphatic rings. The van der Waals surface area contributed by atoms with Crippen LogP contribution < -0.4 is 5.46 Å². The van der Waals surface area contributed by atoms with Gasteiger partial charge < -0.3 is 9.31 Å². The van der Waals surface area contributed by atoms with Crippen molar-refractivity contribution >= 4 is 12.6 Å². The van der Waals surface area contributed by atoms with E-state index in [0.717, 1.165) is 16.6 Å². The third kappa shape index (κ3) is 5.90. The highest BCUT2D eigenvalue weighted by molar-refractivity contribution is 6.62. The van der Waals surface area contributed by atoms with E-state index in [1.165, 1.54) is 44.5 Å². The fraction of sp³-hybridized carbons (Fsp3) is 0.143. The zero-order valence-corrected chi connectivity index (χ0v) is 26.3. The predicted octanol–water partition coefficient (Wildman–Crippen LogP) is 10.3. The molecule has 1 saturated heterocycles. The third-order valence-electron chi connectivity index (χ3n) is 9.30. The van der Waals surface area contributed by atoms with Crippen LogP contribution in [0.2, 0.25) is 0 Å². The average molecular weight is 585 g/mol. The van der Waals surface area contributed by atoms with Crippen molar-refractivity contribution in [3.63, 3.8) is 0 Å². The van der Waals surface area contributed by atoms with Crippen LogP contribution in [0.15, 0.2) is 152 Å². The van der Waals surface area contributed by atoms with Gasteiger partial charge in [0.15, 0.2) is 0 Å². The molecule has 0 aliphatic carbocycles. The molecule has 0 atom stereocenters. The summed E-state index contributed by atoms with van der Waals surface area (Å²) in [6.07, 6.45) is 0. The van der Waals surface area contributed by atoms with Crippen molar-refractivity contribution in [1.82, 2.24) is 0 Å². The molecular weight excluding hydrogens is 547 g/mol. The van der Waals surface area contributed by atoms with Crippen LogP contribution in [-0.4, -0.2) is 18.3 Å². The van der Waals surface area contributed by atoms with Gasteiger partial charge in [0, 0.05) is 0 Å². The highest BCUT2D eigenvalue weighted by atomic mass is 16.7. The van der Waals surface area contributed by atoms with Crippen molar-refractivity contribution in [3.8, 4) is 55.6 Å². The molecule has 0 aromatic heterocycles. The lowest BCUT2D eigenvalue weighted by atomic mass is 9.78. The maximum Gasteiger partial charge on any atom is 0.494 e. The van der Waals surface area contributed by atoms with Crippen molar-refractivity contribution in [1.29, 1.82) is 0 Å². The smallest absolute Gasteiger partial charge is 0.399 e. The lowest BCUT2D eigenvalue weighted by Gasteiger charge is -2.32. The molecule has 0 bridgehead atoms. The summed E-state index contributed by atoms with van der Waals surface area (Å²) in [5.74, 6) is 0. The molecule has 45 heavy (non-hydrogen) atoms. The lowest BCUT2D eigenvalue weighted by molar-refractivity contribution is 0.00578. The summed E-state index contributed by atoms with van der Waals surface area (Å²) < 4.78 is 12.7. The maximum absolute atomic E-state index is 6.33. The Labute approximate surface area is 267 Å². The fourth-order valence-corrected chi connectivity index (χ4v) is 5.99. The number of benzene rings is 6. The van der Waals surface area contributed by atoms with Crippen LogP contribution >= 0.6 is 0 Å². The Hall–Kier alpha value is -4.70. The van der Waals surface area contributed by atoms with Crippen LogP contribution in [0.4, 0.5) is 0 Å². The van der Waals surface area contributed by atoms with Gasteiger partial charge in [0.2, 0.25) is 0 Å². The Bertz CT molecular complexity index is 1960. The summed E-state index contributed by atoms with van der Waals surface area (Å²) in [5, 5.41) is 0. The summed E-state index contributed by atoms with van der Waals surface area (Å²) in [4.78, 5) is 0. The van der Waals surface area contributed by atoms with E-state index >= 15 is 0 Å². The second-order valence-corrected chi connectivity index (χ2v) is 12.9. The Morgan fingerprint density at radius 1 is 0.333 bits per heavy atom. The van der Waals surface area contributed by atoms with Gasteiger partial charge in [0.1, 0.15) is 0 Å². The summed E-state index contributed by atoms with van der Waals surface area (Å²) >= 11 is 0. The second-order valence-electron chi connectivity index (χ2n) is 12.9. The molecule has 2 nitrogen and oxygen atoms in total. The van der Waals surface area contributed by atoms with E-state index < -0.39 is 0 Å². The fourth-order valence-electron chi connectivity index (χ4n) is 5.99. The highest BCUT2D eigenvalue weighted by Crippen LogP contribution is 2.37. The second kappa shape index (κ2) is 11.7. The first-order valence-electron chi connectivity index (χ1n) is 15.7. The largest absolute Gasteiger partial charge is 0.494 e. The molecule has 1 aliphatic heterocycles. The minimum atomic E-state index is -0.383. The van der Waals surface area contributed by atoms with Gasteiger partial charge in [0.05, 0.1) is 11.2 Å². The SMILES string of the molecule is CC1(C)OB(c2cccc(-c3cccc(-c4cccc(-c5cccc(-c6cccc(-c7ccccc7)c6)c5)c4)c3)c2)OC1(C)C. The molecule has 1 heterocycles. The van der Waals surface area contributed by atoms with Gasteiger partial charge in [-0.1, -0.05) is 127 Å². The van der Waals surface area contributed by atoms with Crippen molar-refractivity contribution in [2.75, 3.05) is 0 Å². The van der Waals surface area contributed by atoms with Gasteiger partial charge in [-0.05, 0) is 113 Å². The molecule has 3 heteroatoms. The van der Waals surface area contributed by atoms with Crippen molar-refractivity contribution in [2.24, 2.45) is 0 Å². The molecule has 6 aromatic rings. The summed E-state index contributed by atoms with van der Waals surface area (Å²) in [5.41, 5.74) is 12.2. The van der Waals surface area contributed by atoms with Crippen LogP contribution in [0.3, 0.4) is 0 Å². The first kappa shape index (κ1) is 29.0. The first-order valence-corrected chi connectivity index (χ1v) is 15.7. The minimum absolute atomic E-state index is 0.371. The Balaban J connectivity index is 1.16. The van der Waals surface area contributed by atoms with Crippen LogP contribution in [-0.2, 0) is 9.31 Å². The molecule has 0 saturated carbocycles. The number of hydrogen-bond donors (Lipinski definition) is 0. The average Bonchev–Trinajstić information content (AvgIpc) is 3.31. The van der Waals surface area contributed by atoms with E-state index in [-0.39, 0.29) is 18.3 Å². The summed E-state index contributed by atoms with van der Waals surface area (Å²) in [7, 11) is -0.383. The van der Waals surface area contributed by atoms with E-state index in [4.69, 9.17) is 9.31 Å². The van der Waals surface area contributed by atoms with E-state index in [2.05, 4.69) is 179 Å². The quantitative estimate of drug-likeness (QED) is 0.181. The molecule has 0 radical (unpaired) electrons. The van der Waals surface area contributed by atoms with Crippen LogP contribution in [0, 0.1) is 0 Å². The van der Waals surface area contributed by atoms with Crippen LogP contribution in [0.25, 0.3) is 55.6 Å². The zero-order chi connectivity index (χ0) is 31.0. The van der Waals surface area contributed by atoms with E-state index in [9.17, 15) is 0 Å². The number of rotatable bonds is 6. The van der Waals surface area contributed by atoms with Crippen molar-refractivity contribution in [2.45, 2.75) is 38.9 Å². The zero-order valence-electron chi connectivity index (χ0n) is 26.3. The van der Waals surface area contributed by atoms with Gasteiger partial charge in [0.25, 0.3) is 0 Å². The standard InChI is InChI=1S/C42H37BO2/c1-41(2)42(3,4)45-43(44-41)40-24-12-23-39(29-40)38-22-11-21-37(28-38)36-20-10-19-35(27-36)34-18-9-17-33(26-34)32-16-8-15-31(25-32)30-13-6-5-7-14-30/h5-29H,1-4H3. The van der Waals surface area contributed by atoms with Gasteiger partial charge in [-0.3, -0.25) is 0 Å². The molecular formula is C42H37BO2. The Morgan fingerprint density at radius 2 is 0.622 bits per heavy atom. The van der Waals surface area contributed by atoms with Gasteiger partial charge >= 0.3 is 7.12 Å². The lowest BCUT2D eigenvalue weighted by Crippen LogP contribution is -2.41. The molecule has 220 valence electrons. The molecule has 0 unspecified atom stereocenters. The molecule has 0 N–H and O–H groups in total. The topological polar surface area (TPSA) is 18.5 Å². The Kier molecular flexibility index (Phi) is 7.53. The normalized spacial score (nSPS) is 15.2. The van der Waals surface area contributed by atoms with Crippen LogP contribution in [0.1, 0.15) is 27.7 Å². The molecule has 0 amide bonds.